The molecule has 33 heavy (non-hydrogen) atoms. The Morgan fingerprint density at radius 3 is 2.52 bits per heavy atom. The number of benzene rings is 2. The molecule has 0 amide bonds. The number of ketones is 1. The molecule has 1 saturated heterocycles. The van der Waals surface area contributed by atoms with Crippen molar-refractivity contribution in [1.29, 1.82) is 0 Å². The van der Waals surface area contributed by atoms with Gasteiger partial charge in [-0.05, 0) is 76.1 Å². The highest BCUT2D eigenvalue weighted by molar-refractivity contribution is 6.03. The molecule has 4 atom stereocenters. The van der Waals surface area contributed by atoms with Crippen LogP contribution in [0.25, 0.3) is 0 Å². The maximum absolute atomic E-state index is 16.0. The fourth-order valence-electron chi connectivity index (χ4n) is 5.80. The van der Waals surface area contributed by atoms with E-state index in [2.05, 4.69) is 43.0 Å². The molecule has 2 aromatic rings. The lowest BCUT2D eigenvalue weighted by molar-refractivity contribution is 0.0682. The normalized spacial score (nSPS) is 24.5. The summed E-state index contributed by atoms with van der Waals surface area (Å²) in [5.74, 6) is 0.835. The minimum Gasteiger partial charge on any atom is -0.493 e. The Morgan fingerprint density at radius 1 is 1.09 bits per heavy atom. The summed E-state index contributed by atoms with van der Waals surface area (Å²) in [5.41, 5.74) is 2.69. The van der Waals surface area contributed by atoms with E-state index in [1.807, 2.05) is 6.07 Å². The standard InChI is InChI=1S/C28H36FNO3/c1-18-7-6-8-20(11-18)17-30-19(2)9-10-23(30)16-28(3,29)15-22-12-21-13-25(32-4)26(33-5)14-24(21)27(22)31/h6-8,11,13-14,19,22-23H,9-10,12,15-17H2,1-5H3. The van der Waals surface area contributed by atoms with Crippen LogP contribution in [0.2, 0.25) is 0 Å². The van der Waals surface area contributed by atoms with Crippen LogP contribution in [-0.4, -0.2) is 42.7 Å². The van der Waals surface area contributed by atoms with Gasteiger partial charge in [0.15, 0.2) is 17.3 Å². The third-order valence-electron chi connectivity index (χ3n) is 7.45. The van der Waals surface area contributed by atoms with Gasteiger partial charge in [0.2, 0.25) is 0 Å². The molecule has 0 bridgehead atoms. The Bertz CT molecular complexity index is 1020. The average molecular weight is 454 g/mol. The molecule has 178 valence electrons. The number of hydrogen-bond donors (Lipinski definition) is 0. The van der Waals surface area contributed by atoms with Crippen LogP contribution in [0.5, 0.6) is 11.5 Å². The minimum atomic E-state index is -1.41. The number of methoxy groups -OCH3 is 2. The number of rotatable bonds is 8. The Kier molecular flexibility index (Phi) is 6.81. The van der Waals surface area contributed by atoms with Crippen LogP contribution in [-0.2, 0) is 13.0 Å². The summed E-state index contributed by atoms with van der Waals surface area (Å²) in [4.78, 5) is 15.5. The van der Waals surface area contributed by atoms with Gasteiger partial charge in [0, 0.05) is 30.1 Å². The van der Waals surface area contributed by atoms with E-state index in [-0.39, 0.29) is 24.2 Å². The fraction of sp³-hybridized carbons (Fsp3) is 0.536. The molecular weight excluding hydrogens is 417 g/mol. The van der Waals surface area contributed by atoms with Gasteiger partial charge in [0.05, 0.1) is 14.2 Å². The van der Waals surface area contributed by atoms with Crippen molar-refractivity contribution in [3.8, 4) is 11.5 Å². The maximum Gasteiger partial charge on any atom is 0.166 e. The zero-order valence-corrected chi connectivity index (χ0v) is 20.5. The predicted molar refractivity (Wildman–Crippen MR) is 129 cm³/mol. The second-order valence-corrected chi connectivity index (χ2v) is 10.2. The number of carbonyl (C=O) groups is 1. The zero-order valence-electron chi connectivity index (χ0n) is 20.5. The summed E-state index contributed by atoms with van der Waals surface area (Å²) in [5, 5.41) is 0. The lowest BCUT2D eigenvalue weighted by Gasteiger charge is -2.33. The zero-order chi connectivity index (χ0) is 23.8. The van der Waals surface area contributed by atoms with Crippen molar-refractivity contribution in [2.24, 2.45) is 5.92 Å². The molecular formula is C28H36FNO3. The molecule has 0 spiro atoms. The van der Waals surface area contributed by atoms with E-state index < -0.39 is 5.67 Å². The highest BCUT2D eigenvalue weighted by atomic mass is 19.1. The van der Waals surface area contributed by atoms with Gasteiger partial charge in [-0.15, -0.1) is 0 Å². The lowest BCUT2D eigenvalue weighted by atomic mass is 9.85. The summed E-state index contributed by atoms with van der Waals surface area (Å²) in [6, 6.07) is 12.8. The second kappa shape index (κ2) is 9.46. The number of ether oxygens (including phenoxy) is 2. The number of nitrogens with zero attached hydrogens (tertiary/aromatic N) is 1. The molecule has 4 nitrogen and oxygen atoms in total. The summed E-state index contributed by atoms with van der Waals surface area (Å²) >= 11 is 0. The number of aryl methyl sites for hydroxylation is 1. The van der Waals surface area contributed by atoms with Gasteiger partial charge < -0.3 is 9.47 Å². The van der Waals surface area contributed by atoms with Crippen molar-refractivity contribution >= 4 is 5.78 Å². The van der Waals surface area contributed by atoms with Crippen molar-refractivity contribution in [2.75, 3.05) is 14.2 Å². The van der Waals surface area contributed by atoms with Gasteiger partial charge in [-0.2, -0.15) is 0 Å². The van der Waals surface area contributed by atoms with Gasteiger partial charge in [0.25, 0.3) is 0 Å². The molecule has 1 aliphatic carbocycles. The van der Waals surface area contributed by atoms with Gasteiger partial charge in [-0.25, -0.2) is 4.39 Å². The number of likely N-dealkylation sites (tertiary alicyclic amines) is 1. The third kappa shape index (κ3) is 5.08. The number of alkyl halides is 1. The molecule has 0 aromatic heterocycles. The molecule has 0 radical (unpaired) electrons. The van der Waals surface area contributed by atoms with Crippen molar-refractivity contribution in [2.45, 2.75) is 77.2 Å². The number of fused-ring (bicyclic) bond motifs is 1. The number of carbonyl (C=O) groups excluding carboxylic acids is 1. The van der Waals surface area contributed by atoms with Gasteiger partial charge in [0.1, 0.15) is 5.67 Å². The first-order valence-corrected chi connectivity index (χ1v) is 12.0. The molecule has 5 heteroatoms. The van der Waals surface area contributed by atoms with E-state index in [0.29, 0.717) is 35.9 Å². The van der Waals surface area contributed by atoms with Crippen LogP contribution in [0, 0.1) is 12.8 Å². The number of hydrogen-bond acceptors (Lipinski definition) is 4. The first-order chi connectivity index (χ1) is 15.7. The van der Waals surface area contributed by atoms with E-state index in [4.69, 9.17) is 9.47 Å². The molecule has 0 N–H and O–H groups in total. The largest absolute Gasteiger partial charge is 0.493 e. The Hall–Kier alpha value is -2.40. The van der Waals surface area contributed by atoms with E-state index >= 15 is 4.39 Å². The topological polar surface area (TPSA) is 38.8 Å². The quantitative estimate of drug-likeness (QED) is 0.497. The molecule has 0 saturated carbocycles. The SMILES string of the molecule is COc1cc2c(cc1OC)C(=O)C(CC(C)(F)CC1CCC(C)N1Cc1cccc(C)c1)C2. The molecule has 2 aliphatic rings. The molecule has 4 rings (SSSR count). The van der Waals surface area contributed by atoms with E-state index in [0.717, 1.165) is 24.9 Å². The average Bonchev–Trinajstić information content (AvgIpc) is 3.25. The van der Waals surface area contributed by atoms with Gasteiger partial charge in [-0.1, -0.05) is 29.8 Å². The minimum absolute atomic E-state index is 0.0197. The second-order valence-electron chi connectivity index (χ2n) is 10.2. The monoisotopic (exact) mass is 453 g/mol. The first-order valence-electron chi connectivity index (χ1n) is 12.0. The Labute approximate surface area is 197 Å². The predicted octanol–water partition coefficient (Wildman–Crippen LogP) is 5.93. The highest BCUT2D eigenvalue weighted by Crippen LogP contribution is 2.41. The lowest BCUT2D eigenvalue weighted by Crippen LogP contribution is -2.39. The molecule has 1 fully saturated rings. The first kappa shape index (κ1) is 23.7. The van der Waals surface area contributed by atoms with E-state index in [1.54, 1.807) is 27.2 Å². The third-order valence-corrected chi connectivity index (χ3v) is 7.45. The highest BCUT2D eigenvalue weighted by Gasteiger charge is 2.41. The maximum atomic E-state index is 16.0. The molecule has 2 aromatic carbocycles. The van der Waals surface area contributed by atoms with E-state index in [1.165, 1.54) is 11.1 Å². The molecule has 4 unspecified atom stereocenters. The fourth-order valence-corrected chi connectivity index (χ4v) is 5.80. The van der Waals surface area contributed by atoms with Crippen molar-refractivity contribution in [3.63, 3.8) is 0 Å². The Morgan fingerprint density at radius 2 is 1.82 bits per heavy atom. The van der Waals surface area contributed by atoms with Gasteiger partial charge in [-0.3, -0.25) is 9.69 Å². The van der Waals surface area contributed by atoms with Gasteiger partial charge >= 0.3 is 0 Å². The van der Waals surface area contributed by atoms with Crippen LogP contribution in [0.1, 0.15) is 66.6 Å². The van der Waals surface area contributed by atoms with Crippen molar-refractivity contribution < 1.29 is 18.7 Å². The summed E-state index contributed by atoms with van der Waals surface area (Å²) in [7, 11) is 3.15. The smallest absolute Gasteiger partial charge is 0.166 e. The number of Topliss-reactive ketones (excluding diaryl/α,β-unsaturated/α-hetero) is 1. The summed E-state index contributed by atoms with van der Waals surface area (Å²) < 4.78 is 26.7. The number of halogens is 1. The van der Waals surface area contributed by atoms with Crippen molar-refractivity contribution in [3.05, 3.63) is 58.7 Å². The molecule has 1 aliphatic heterocycles. The Balaban J connectivity index is 1.44. The summed E-state index contributed by atoms with van der Waals surface area (Å²) in [6.45, 7) is 6.87. The van der Waals surface area contributed by atoms with E-state index in [9.17, 15) is 4.79 Å². The van der Waals surface area contributed by atoms with Crippen LogP contribution in [0.3, 0.4) is 0 Å². The van der Waals surface area contributed by atoms with Crippen LogP contribution in [0.15, 0.2) is 36.4 Å². The molecule has 1 heterocycles. The van der Waals surface area contributed by atoms with Crippen LogP contribution < -0.4 is 9.47 Å². The van der Waals surface area contributed by atoms with Crippen molar-refractivity contribution in [1.82, 2.24) is 4.90 Å². The summed E-state index contributed by atoms with van der Waals surface area (Å²) in [6.07, 6.45) is 3.34. The van der Waals surface area contributed by atoms with Crippen LogP contribution in [0.4, 0.5) is 4.39 Å². The van der Waals surface area contributed by atoms with Crippen LogP contribution >= 0.6 is 0 Å².